The summed E-state index contributed by atoms with van der Waals surface area (Å²) in [5.74, 6) is 1.77. The van der Waals surface area contributed by atoms with E-state index in [1.165, 1.54) is 38.5 Å². The molecular weight excluding hydrogens is 430 g/mol. The molecule has 0 spiro atoms. The van der Waals surface area contributed by atoms with Crippen molar-refractivity contribution in [2.24, 2.45) is 11.8 Å². The standard InChI is InChI=1S/2C9H11.2CH3.2ClH.H3Si.Zr/c2*1-2-5-9-7-3-6-8(9)4-1;;;;;;/h2*1-2,4,6,9H,3,5,7H2;2*1H3;2*1H;1H3;/q4*-1;;;;+4. The van der Waals surface area contributed by atoms with Gasteiger partial charge < -0.3 is 14.9 Å². The fraction of sp³-hybridized carbons (Fsp3) is 0.400. The van der Waals surface area contributed by atoms with Crippen LogP contribution in [0.15, 0.2) is 47.6 Å². The number of fused-ring (bicyclic) bond motifs is 2. The van der Waals surface area contributed by atoms with Gasteiger partial charge in [-0.25, -0.2) is 36.1 Å². The van der Waals surface area contributed by atoms with Gasteiger partial charge in [-0.2, -0.15) is 0 Å². The first-order chi connectivity index (χ1) is 8.93. The molecule has 2 fully saturated rings. The monoisotopic (exact) mass is 461 g/mol. The second-order valence-electron chi connectivity index (χ2n) is 5.62. The maximum absolute atomic E-state index is 2.37. The summed E-state index contributed by atoms with van der Waals surface area (Å²) in [4.78, 5) is 0. The summed E-state index contributed by atoms with van der Waals surface area (Å²) in [5, 5.41) is 0. The van der Waals surface area contributed by atoms with Crippen molar-refractivity contribution < 1.29 is 26.2 Å². The number of rotatable bonds is 0. The minimum Gasteiger partial charge on any atom is -0.358 e. The third-order valence-corrected chi connectivity index (χ3v) is 4.42. The van der Waals surface area contributed by atoms with E-state index in [0.717, 1.165) is 11.8 Å². The zero-order valence-corrected chi connectivity index (χ0v) is 21.4. The first kappa shape index (κ1) is 32.1. The molecule has 4 aliphatic carbocycles. The predicted molar refractivity (Wildman–Crippen MR) is 115 cm³/mol. The largest absolute Gasteiger partial charge is 4.00 e. The average molecular weight is 464 g/mol. The summed E-state index contributed by atoms with van der Waals surface area (Å²) < 4.78 is 0. The molecule has 135 valence electrons. The minimum atomic E-state index is 0. The van der Waals surface area contributed by atoms with Gasteiger partial charge in [0.25, 0.3) is 0 Å². The van der Waals surface area contributed by atoms with Crippen molar-refractivity contribution in [3.63, 3.8) is 0 Å². The van der Waals surface area contributed by atoms with Gasteiger partial charge in [0, 0.05) is 0 Å². The predicted octanol–water partition coefficient (Wildman–Crippen LogP) is 5.53. The van der Waals surface area contributed by atoms with Crippen LogP contribution in [0.5, 0.6) is 0 Å². The van der Waals surface area contributed by atoms with Gasteiger partial charge in [-0.15, -0.1) is 62.0 Å². The van der Waals surface area contributed by atoms with Gasteiger partial charge in [-0.05, 0) is 35.6 Å². The molecule has 0 aliphatic heterocycles. The molecule has 1 radical (unpaired) electrons. The number of hydrogen-bond acceptors (Lipinski definition) is 0. The van der Waals surface area contributed by atoms with Crippen LogP contribution in [0.2, 0.25) is 0 Å². The third-order valence-electron chi connectivity index (χ3n) is 4.42. The summed E-state index contributed by atoms with van der Waals surface area (Å²) in [6.07, 6.45) is 26.1. The SMILES string of the molecule is C1=CCC2CC[CH-]C2=C1.C1=CCC2CC[CH-]C2=C1.Cl.Cl.[CH3-].[CH3-].[SiH3].[Zr+4]. The summed E-state index contributed by atoms with van der Waals surface area (Å²) in [6, 6.07) is 0. The molecule has 0 nitrogen and oxygen atoms in total. The van der Waals surface area contributed by atoms with Crippen LogP contribution in [0.1, 0.15) is 38.5 Å². The van der Waals surface area contributed by atoms with Crippen LogP contribution in [0.3, 0.4) is 0 Å². The van der Waals surface area contributed by atoms with Crippen molar-refractivity contribution in [1.82, 2.24) is 0 Å². The van der Waals surface area contributed by atoms with Crippen molar-refractivity contribution in [2.75, 3.05) is 0 Å². The molecule has 0 bridgehead atoms. The van der Waals surface area contributed by atoms with Crippen LogP contribution in [0, 0.1) is 39.5 Å². The third kappa shape index (κ3) is 8.65. The van der Waals surface area contributed by atoms with Gasteiger partial charge in [0.15, 0.2) is 0 Å². The zero-order valence-electron chi connectivity index (χ0n) is 15.3. The Kier molecular flexibility index (Phi) is 22.5. The molecular formula is C20H33Cl2SiZr. The fourth-order valence-corrected chi connectivity index (χ4v) is 3.33. The molecule has 0 aromatic rings. The number of allylic oxidation sites excluding steroid dienone is 8. The van der Waals surface area contributed by atoms with Crippen LogP contribution < -0.4 is 0 Å². The summed E-state index contributed by atoms with van der Waals surface area (Å²) in [6.45, 7) is 0. The molecule has 2 atom stereocenters. The molecule has 4 rings (SSSR count). The average Bonchev–Trinajstić information content (AvgIpc) is 3.08. The van der Waals surface area contributed by atoms with Gasteiger partial charge in [-0.3, -0.25) is 0 Å². The van der Waals surface area contributed by atoms with E-state index in [9.17, 15) is 0 Å². The molecule has 2 saturated carbocycles. The molecule has 0 amide bonds. The van der Waals surface area contributed by atoms with Crippen molar-refractivity contribution >= 4 is 35.8 Å². The van der Waals surface area contributed by atoms with Crippen LogP contribution in [-0.4, -0.2) is 11.0 Å². The van der Waals surface area contributed by atoms with E-state index in [1.807, 2.05) is 0 Å². The normalized spacial score (nSPS) is 23.3. The topological polar surface area (TPSA) is 0 Å². The second kappa shape index (κ2) is 16.8. The van der Waals surface area contributed by atoms with E-state index >= 15 is 0 Å². The Morgan fingerprint density at radius 2 is 1.12 bits per heavy atom. The molecule has 0 aromatic heterocycles. The van der Waals surface area contributed by atoms with Crippen LogP contribution in [0.25, 0.3) is 0 Å². The first-order valence-corrected chi connectivity index (χ1v) is 7.33. The van der Waals surface area contributed by atoms with E-state index in [1.54, 1.807) is 11.1 Å². The smallest absolute Gasteiger partial charge is 0.358 e. The zero-order chi connectivity index (χ0) is 12.2. The van der Waals surface area contributed by atoms with Crippen molar-refractivity contribution in [3.8, 4) is 0 Å². The Balaban J connectivity index is -0.000000133. The molecule has 0 N–H and O–H groups in total. The summed E-state index contributed by atoms with van der Waals surface area (Å²) >= 11 is 0. The van der Waals surface area contributed by atoms with E-state index in [0.29, 0.717) is 0 Å². The molecule has 4 aliphatic rings. The van der Waals surface area contributed by atoms with Gasteiger partial charge in [-0.1, -0.05) is 12.8 Å². The van der Waals surface area contributed by atoms with E-state index in [2.05, 4.69) is 49.3 Å². The van der Waals surface area contributed by atoms with E-state index in [-0.39, 0.29) is 76.8 Å². The van der Waals surface area contributed by atoms with Gasteiger partial charge >= 0.3 is 26.2 Å². The number of hydrogen-bond donors (Lipinski definition) is 0. The van der Waals surface area contributed by atoms with Crippen LogP contribution in [-0.2, 0) is 26.2 Å². The Morgan fingerprint density at radius 1 is 0.750 bits per heavy atom. The van der Waals surface area contributed by atoms with Crippen molar-refractivity contribution in [2.45, 2.75) is 38.5 Å². The van der Waals surface area contributed by atoms with E-state index < -0.39 is 0 Å². The molecule has 24 heavy (non-hydrogen) atoms. The van der Waals surface area contributed by atoms with Crippen LogP contribution in [0.4, 0.5) is 0 Å². The maximum Gasteiger partial charge on any atom is 4.00 e. The molecule has 4 heteroatoms. The molecule has 2 unspecified atom stereocenters. The van der Waals surface area contributed by atoms with Crippen molar-refractivity contribution in [1.29, 1.82) is 0 Å². The Hall–Kier alpha value is 0.380. The van der Waals surface area contributed by atoms with Crippen LogP contribution >= 0.6 is 24.8 Å². The van der Waals surface area contributed by atoms with Crippen molar-refractivity contribution in [3.05, 3.63) is 75.3 Å². The molecule has 0 aromatic carbocycles. The van der Waals surface area contributed by atoms with Gasteiger partial charge in [0.1, 0.15) is 0 Å². The maximum atomic E-state index is 2.37. The Bertz CT molecular complexity index is 387. The minimum absolute atomic E-state index is 0. The number of halogens is 2. The quantitative estimate of drug-likeness (QED) is 0.327. The fourth-order valence-electron chi connectivity index (χ4n) is 3.33. The van der Waals surface area contributed by atoms with Gasteiger partial charge in [0.2, 0.25) is 0 Å². The molecule has 0 saturated heterocycles. The molecule has 0 heterocycles. The second-order valence-corrected chi connectivity index (χ2v) is 5.62. The van der Waals surface area contributed by atoms with E-state index in [4.69, 9.17) is 0 Å². The Labute approximate surface area is 186 Å². The Morgan fingerprint density at radius 3 is 1.46 bits per heavy atom. The summed E-state index contributed by atoms with van der Waals surface area (Å²) in [7, 11) is 0. The summed E-state index contributed by atoms with van der Waals surface area (Å²) in [5.41, 5.74) is 3.16. The first-order valence-electron chi connectivity index (χ1n) is 7.33. The van der Waals surface area contributed by atoms with Gasteiger partial charge in [0.05, 0.1) is 0 Å².